The third kappa shape index (κ3) is 3.42. The molecule has 3 heterocycles. The number of carbonyl (C=O) groups excluding carboxylic acids is 2. The van der Waals surface area contributed by atoms with Crippen LogP contribution in [0, 0.1) is 5.82 Å². The van der Waals surface area contributed by atoms with Crippen molar-refractivity contribution in [3.05, 3.63) is 58.9 Å². The van der Waals surface area contributed by atoms with E-state index < -0.39 is 5.54 Å². The molecule has 0 saturated heterocycles. The molecule has 6 nitrogen and oxygen atoms in total. The Morgan fingerprint density at radius 1 is 1.31 bits per heavy atom. The number of nitrogens with zero attached hydrogens (tertiary/aromatic N) is 2. The van der Waals surface area contributed by atoms with E-state index in [0.717, 1.165) is 15.8 Å². The Balaban J connectivity index is 1.64. The molecule has 0 saturated carbocycles. The second-order valence-electron chi connectivity index (χ2n) is 7.33. The van der Waals surface area contributed by atoms with Crippen LogP contribution in [-0.2, 0) is 22.6 Å². The molecule has 1 atom stereocenters. The lowest BCUT2D eigenvalue weighted by molar-refractivity contribution is -0.133. The van der Waals surface area contributed by atoms with Gasteiger partial charge in [0.15, 0.2) is 0 Å². The predicted octanol–water partition coefficient (Wildman–Crippen LogP) is 3.02. The lowest BCUT2D eigenvalue weighted by atomic mass is 9.94. The molecule has 1 N–H and O–H groups in total. The SMILES string of the molecule is COCCN1C(=O)c2cc3ccsc3n2C[C@]1(C)C(=O)NCc1ccc(F)cc1. The van der Waals surface area contributed by atoms with Gasteiger partial charge in [0, 0.05) is 25.6 Å². The number of thiophene rings is 1. The third-order valence-electron chi connectivity index (χ3n) is 5.40. The van der Waals surface area contributed by atoms with Crippen molar-refractivity contribution in [3.8, 4) is 0 Å². The molecule has 0 fully saturated rings. The molecule has 0 radical (unpaired) electrons. The Morgan fingerprint density at radius 3 is 2.79 bits per heavy atom. The fourth-order valence-corrected chi connectivity index (χ4v) is 4.66. The Bertz CT molecular complexity index is 1060. The van der Waals surface area contributed by atoms with E-state index in [2.05, 4.69) is 5.32 Å². The van der Waals surface area contributed by atoms with Crippen molar-refractivity contribution < 1.29 is 18.7 Å². The zero-order chi connectivity index (χ0) is 20.6. The van der Waals surface area contributed by atoms with Crippen LogP contribution in [0.3, 0.4) is 0 Å². The van der Waals surface area contributed by atoms with Gasteiger partial charge < -0.3 is 19.5 Å². The molecule has 1 aliphatic heterocycles. The summed E-state index contributed by atoms with van der Waals surface area (Å²) in [6, 6.07) is 9.83. The fourth-order valence-electron chi connectivity index (χ4n) is 3.77. The number of ether oxygens (including phenoxy) is 1. The van der Waals surface area contributed by atoms with E-state index in [1.165, 1.54) is 12.1 Å². The lowest BCUT2D eigenvalue weighted by Gasteiger charge is -2.43. The van der Waals surface area contributed by atoms with Crippen LogP contribution >= 0.6 is 11.3 Å². The van der Waals surface area contributed by atoms with E-state index in [1.54, 1.807) is 42.4 Å². The van der Waals surface area contributed by atoms with Crippen LogP contribution in [0.5, 0.6) is 0 Å². The van der Waals surface area contributed by atoms with Gasteiger partial charge in [0.05, 0.1) is 13.2 Å². The van der Waals surface area contributed by atoms with Gasteiger partial charge in [0.2, 0.25) is 5.91 Å². The number of methoxy groups -OCH3 is 1. The molecule has 3 aromatic rings. The van der Waals surface area contributed by atoms with Crippen molar-refractivity contribution in [1.29, 1.82) is 0 Å². The molecule has 0 spiro atoms. The van der Waals surface area contributed by atoms with Gasteiger partial charge >= 0.3 is 0 Å². The summed E-state index contributed by atoms with van der Waals surface area (Å²) in [5.41, 5.74) is 0.307. The number of amides is 2. The molecule has 1 aliphatic rings. The van der Waals surface area contributed by atoms with Crippen molar-refractivity contribution in [3.63, 3.8) is 0 Å². The number of nitrogens with one attached hydrogen (secondary N) is 1. The average molecular weight is 415 g/mol. The second kappa shape index (κ2) is 7.61. The molecule has 4 rings (SSSR count). The quantitative estimate of drug-likeness (QED) is 0.673. The maximum atomic E-state index is 13.3. The highest BCUT2D eigenvalue weighted by molar-refractivity contribution is 7.16. The monoisotopic (exact) mass is 415 g/mol. The molecular weight excluding hydrogens is 393 g/mol. The number of hydrogen-bond acceptors (Lipinski definition) is 4. The molecule has 2 amide bonds. The van der Waals surface area contributed by atoms with Gasteiger partial charge in [0.1, 0.15) is 21.9 Å². The van der Waals surface area contributed by atoms with Crippen molar-refractivity contribution in [2.24, 2.45) is 0 Å². The minimum atomic E-state index is -1.07. The zero-order valence-electron chi connectivity index (χ0n) is 16.3. The lowest BCUT2D eigenvalue weighted by Crippen LogP contribution is -2.64. The van der Waals surface area contributed by atoms with E-state index in [9.17, 15) is 14.0 Å². The first-order chi connectivity index (χ1) is 13.9. The summed E-state index contributed by atoms with van der Waals surface area (Å²) in [7, 11) is 1.57. The van der Waals surface area contributed by atoms with Crippen LogP contribution in [0.2, 0.25) is 0 Å². The Labute approximate surface area is 171 Å². The standard InChI is InChI=1S/C21H22FN3O3S/c1-21(20(27)23-12-14-3-5-16(22)6-4-14)13-24-17(11-15-7-10-29-19(15)24)18(26)25(21)8-9-28-2/h3-7,10-11H,8-9,12-13H2,1-2H3,(H,23,27)/t21-/m1/s1. The Hall–Kier alpha value is -2.71. The zero-order valence-corrected chi connectivity index (χ0v) is 17.1. The number of rotatable bonds is 6. The Kier molecular flexibility index (Phi) is 5.14. The molecule has 0 bridgehead atoms. The summed E-state index contributed by atoms with van der Waals surface area (Å²) in [5.74, 6) is -0.762. The van der Waals surface area contributed by atoms with Crippen LogP contribution in [0.1, 0.15) is 23.0 Å². The van der Waals surface area contributed by atoms with Crippen LogP contribution in [0.25, 0.3) is 10.2 Å². The molecule has 29 heavy (non-hydrogen) atoms. The summed E-state index contributed by atoms with van der Waals surface area (Å²) < 4.78 is 20.2. The van der Waals surface area contributed by atoms with Crippen LogP contribution in [0.4, 0.5) is 4.39 Å². The van der Waals surface area contributed by atoms with Gasteiger partial charge in [-0.05, 0) is 42.1 Å². The van der Waals surface area contributed by atoms with Crippen LogP contribution in [0.15, 0.2) is 41.8 Å². The smallest absolute Gasteiger partial charge is 0.271 e. The highest BCUT2D eigenvalue weighted by Crippen LogP contribution is 2.34. The van der Waals surface area contributed by atoms with Gasteiger partial charge in [-0.15, -0.1) is 11.3 Å². The highest BCUT2D eigenvalue weighted by atomic mass is 32.1. The minimum absolute atomic E-state index is 0.184. The number of hydrogen-bond donors (Lipinski definition) is 1. The molecule has 152 valence electrons. The van der Waals surface area contributed by atoms with Crippen molar-refractivity contribution in [2.45, 2.75) is 25.6 Å². The molecule has 1 aromatic carbocycles. The third-order valence-corrected chi connectivity index (χ3v) is 6.35. The molecule has 8 heteroatoms. The maximum Gasteiger partial charge on any atom is 0.271 e. The van der Waals surface area contributed by atoms with Crippen molar-refractivity contribution in [1.82, 2.24) is 14.8 Å². The van der Waals surface area contributed by atoms with Gasteiger partial charge in [-0.3, -0.25) is 9.59 Å². The average Bonchev–Trinajstić information content (AvgIpc) is 3.29. The van der Waals surface area contributed by atoms with Crippen LogP contribution < -0.4 is 5.32 Å². The summed E-state index contributed by atoms with van der Waals surface area (Å²) >= 11 is 1.55. The summed E-state index contributed by atoms with van der Waals surface area (Å²) in [4.78, 5) is 29.1. The predicted molar refractivity (Wildman–Crippen MR) is 109 cm³/mol. The number of halogens is 1. The number of aromatic nitrogens is 1. The van der Waals surface area contributed by atoms with E-state index in [4.69, 9.17) is 4.74 Å². The van der Waals surface area contributed by atoms with Gasteiger partial charge in [0.25, 0.3) is 5.91 Å². The number of carbonyl (C=O) groups is 2. The molecular formula is C21H22FN3O3S. The van der Waals surface area contributed by atoms with Crippen LogP contribution in [-0.4, -0.2) is 47.1 Å². The highest BCUT2D eigenvalue weighted by Gasteiger charge is 2.47. The fraction of sp³-hybridized carbons (Fsp3) is 0.333. The normalized spacial score (nSPS) is 18.9. The van der Waals surface area contributed by atoms with Gasteiger partial charge in [-0.25, -0.2) is 4.39 Å². The summed E-state index contributed by atoms with van der Waals surface area (Å²) in [6.45, 7) is 3.05. The largest absolute Gasteiger partial charge is 0.383 e. The first-order valence-electron chi connectivity index (χ1n) is 9.34. The van der Waals surface area contributed by atoms with E-state index in [0.29, 0.717) is 25.4 Å². The number of benzene rings is 1. The molecule has 2 aromatic heterocycles. The van der Waals surface area contributed by atoms with E-state index in [-0.39, 0.29) is 24.2 Å². The second-order valence-corrected chi connectivity index (χ2v) is 8.22. The van der Waals surface area contributed by atoms with E-state index in [1.807, 2.05) is 22.1 Å². The first-order valence-corrected chi connectivity index (χ1v) is 10.2. The maximum absolute atomic E-state index is 13.3. The van der Waals surface area contributed by atoms with Gasteiger partial charge in [-0.1, -0.05) is 12.1 Å². The molecule has 0 unspecified atom stereocenters. The van der Waals surface area contributed by atoms with Gasteiger partial charge in [-0.2, -0.15) is 0 Å². The van der Waals surface area contributed by atoms with Crippen molar-refractivity contribution >= 4 is 33.4 Å². The topological polar surface area (TPSA) is 63.6 Å². The summed E-state index contributed by atoms with van der Waals surface area (Å²) in [6.07, 6.45) is 0. The summed E-state index contributed by atoms with van der Waals surface area (Å²) in [5, 5.41) is 5.89. The Morgan fingerprint density at radius 2 is 2.07 bits per heavy atom. The van der Waals surface area contributed by atoms with E-state index >= 15 is 0 Å². The number of fused-ring (bicyclic) bond motifs is 3. The molecule has 0 aliphatic carbocycles. The minimum Gasteiger partial charge on any atom is -0.383 e. The van der Waals surface area contributed by atoms with Crippen molar-refractivity contribution in [2.75, 3.05) is 20.3 Å². The first kappa shape index (κ1) is 19.6.